The van der Waals surface area contributed by atoms with E-state index in [-0.39, 0.29) is 12.0 Å². The molecule has 2 fully saturated rings. The summed E-state index contributed by atoms with van der Waals surface area (Å²) in [4.78, 5) is 14.9. The fraction of sp³-hybridized carbons (Fsp3) is 0.682. The van der Waals surface area contributed by atoms with Gasteiger partial charge in [0.25, 0.3) is 5.91 Å². The maximum atomic E-state index is 12.3. The maximum absolute atomic E-state index is 12.3. The Labute approximate surface area is 163 Å². The van der Waals surface area contributed by atoms with Gasteiger partial charge in [-0.3, -0.25) is 9.69 Å². The molecule has 3 unspecified atom stereocenters. The molecule has 5 heteroatoms. The first-order valence-corrected chi connectivity index (χ1v) is 10.5. The van der Waals surface area contributed by atoms with Crippen LogP contribution >= 0.6 is 0 Å². The predicted octanol–water partition coefficient (Wildman–Crippen LogP) is 3.97. The summed E-state index contributed by atoms with van der Waals surface area (Å²) in [6, 6.07) is 8.85. The van der Waals surface area contributed by atoms with Crippen molar-refractivity contribution in [3.63, 3.8) is 0 Å². The number of likely N-dealkylation sites (tertiary alicyclic amines) is 1. The third kappa shape index (κ3) is 6.30. The molecule has 0 saturated carbocycles. The van der Waals surface area contributed by atoms with Gasteiger partial charge in [0.1, 0.15) is 6.10 Å². The number of anilines is 1. The van der Waals surface area contributed by atoms with E-state index in [9.17, 15) is 4.79 Å². The molecule has 2 heterocycles. The fourth-order valence-corrected chi connectivity index (χ4v) is 3.83. The Morgan fingerprint density at radius 3 is 2.70 bits per heavy atom. The predicted molar refractivity (Wildman–Crippen MR) is 108 cm³/mol. The zero-order valence-electron chi connectivity index (χ0n) is 16.8. The molecule has 2 aliphatic rings. The maximum Gasteiger partial charge on any atom is 0.253 e. The van der Waals surface area contributed by atoms with Crippen molar-refractivity contribution in [2.24, 2.45) is 0 Å². The smallest absolute Gasteiger partial charge is 0.253 e. The van der Waals surface area contributed by atoms with Crippen LogP contribution in [0.5, 0.6) is 0 Å². The molecule has 5 nitrogen and oxygen atoms in total. The number of amides is 1. The largest absolute Gasteiger partial charge is 0.376 e. The van der Waals surface area contributed by atoms with Crippen molar-refractivity contribution in [3.8, 4) is 0 Å². The highest BCUT2D eigenvalue weighted by atomic mass is 16.5. The molecule has 1 aromatic carbocycles. The van der Waals surface area contributed by atoms with Crippen LogP contribution in [-0.4, -0.2) is 48.8 Å². The molecule has 150 valence electrons. The van der Waals surface area contributed by atoms with Gasteiger partial charge in [-0.2, -0.15) is 0 Å². The zero-order valence-corrected chi connectivity index (χ0v) is 16.8. The van der Waals surface area contributed by atoms with Gasteiger partial charge >= 0.3 is 0 Å². The van der Waals surface area contributed by atoms with Gasteiger partial charge in [0, 0.05) is 24.9 Å². The van der Waals surface area contributed by atoms with E-state index in [1.165, 1.54) is 37.8 Å². The SMILES string of the molecule is CC(OCC1CCCCO1)C(=O)Nc1ccc(CN2CCCCC2C)cc1. The van der Waals surface area contributed by atoms with E-state index in [1.54, 1.807) is 6.92 Å². The molecule has 1 amide bonds. The van der Waals surface area contributed by atoms with Crippen molar-refractivity contribution in [2.45, 2.75) is 77.2 Å². The lowest BCUT2D eigenvalue weighted by molar-refractivity contribution is -0.130. The monoisotopic (exact) mass is 374 g/mol. The molecule has 1 aromatic rings. The summed E-state index contributed by atoms with van der Waals surface area (Å²) in [5.41, 5.74) is 2.11. The lowest BCUT2D eigenvalue weighted by Crippen LogP contribution is -2.36. The molecule has 0 aliphatic carbocycles. The van der Waals surface area contributed by atoms with E-state index in [0.29, 0.717) is 12.6 Å². The van der Waals surface area contributed by atoms with Gasteiger partial charge in [-0.25, -0.2) is 0 Å². The standard InChI is InChI=1S/C22H34N2O3/c1-17-7-3-5-13-24(17)15-19-9-11-20(12-10-19)23-22(25)18(2)27-16-21-8-4-6-14-26-21/h9-12,17-18,21H,3-8,13-16H2,1-2H3,(H,23,25). The van der Waals surface area contributed by atoms with Gasteiger partial charge in [-0.15, -0.1) is 0 Å². The zero-order chi connectivity index (χ0) is 19.1. The first kappa shape index (κ1) is 20.3. The first-order valence-electron chi connectivity index (χ1n) is 10.5. The number of nitrogens with one attached hydrogen (secondary N) is 1. The number of nitrogens with zero attached hydrogens (tertiary/aromatic N) is 1. The van der Waals surface area contributed by atoms with Crippen LogP contribution in [0.1, 0.15) is 57.9 Å². The van der Waals surface area contributed by atoms with E-state index in [1.807, 2.05) is 12.1 Å². The Balaban J connectivity index is 1.43. The molecule has 3 rings (SSSR count). The Bertz CT molecular complexity index is 584. The molecule has 27 heavy (non-hydrogen) atoms. The average molecular weight is 375 g/mol. The van der Waals surface area contributed by atoms with Crippen LogP contribution in [0, 0.1) is 0 Å². The van der Waals surface area contributed by atoms with Gasteiger partial charge in [0.05, 0.1) is 12.7 Å². The highest BCUT2D eigenvalue weighted by molar-refractivity contribution is 5.93. The number of piperidine rings is 1. The highest BCUT2D eigenvalue weighted by Crippen LogP contribution is 2.20. The molecular weight excluding hydrogens is 340 g/mol. The number of carbonyl (C=O) groups is 1. The highest BCUT2D eigenvalue weighted by Gasteiger charge is 2.20. The van der Waals surface area contributed by atoms with Crippen LogP contribution in [0.25, 0.3) is 0 Å². The van der Waals surface area contributed by atoms with Crippen molar-refractivity contribution in [3.05, 3.63) is 29.8 Å². The summed E-state index contributed by atoms with van der Waals surface area (Å²) in [6.45, 7) is 7.56. The number of benzene rings is 1. The van der Waals surface area contributed by atoms with Gasteiger partial charge in [-0.05, 0) is 70.2 Å². The summed E-state index contributed by atoms with van der Waals surface area (Å²) in [5, 5.41) is 2.95. The second-order valence-corrected chi connectivity index (χ2v) is 7.97. The summed E-state index contributed by atoms with van der Waals surface area (Å²) in [5.74, 6) is -0.108. The van der Waals surface area contributed by atoms with Crippen molar-refractivity contribution in [1.29, 1.82) is 0 Å². The van der Waals surface area contributed by atoms with Crippen molar-refractivity contribution < 1.29 is 14.3 Å². The summed E-state index contributed by atoms with van der Waals surface area (Å²) >= 11 is 0. The molecule has 0 spiro atoms. The Morgan fingerprint density at radius 2 is 2.00 bits per heavy atom. The molecule has 1 N–H and O–H groups in total. The van der Waals surface area contributed by atoms with Crippen molar-refractivity contribution >= 4 is 11.6 Å². The number of ether oxygens (including phenoxy) is 2. The minimum atomic E-state index is -0.482. The molecule has 0 bridgehead atoms. The summed E-state index contributed by atoms with van der Waals surface area (Å²) in [7, 11) is 0. The third-order valence-corrected chi connectivity index (χ3v) is 5.72. The number of hydrogen-bond donors (Lipinski definition) is 1. The van der Waals surface area contributed by atoms with Gasteiger partial charge in [0.2, 0.25) is 0 Å². The number of carbonyl (C=O) groups excluding carboxylic acids is 1. The molecule has 3 atom stereocenters. The van der Waals surface area contributed by atoms with Crippen LogP contribution in [0.15, 0.2) is 24.3 Å². The quantitative estimate of drug-likeness (QED) is 0.784. The van der Waals surface area contributed by atoms with Crippen LogP contribution in [-0.2, 0) is 20.8 Å². The molecule has 2 saturated heterocycles. The Hall–Kier alpha value is -1.43. The van der Waals surface area contributed by atoms with Gasteiger partial charge < -0.3 is 14.8 Å². The van der Waals surface area contributed by atoms with E-state index in [0.717, 1.165) is 31.7 Å². The van der Waals surface area contributed by atoms with Crippen molar-refractivity contribution in [2.75, 3.05) is 25.1 Å². The van der Waals surface area contributed by atoms with E-state index >= 15 is 0 Å². The third-order valence-electron chi connectivity index (χ3n) is 5.72. The number of hydrogen-bond acceptors (Lipinski definition) is 4. The fourth-order valence-electron chi connectivity index (χ4n) is 3.83. The van der Waals surface area contributed by atoms with E-state index < -0.39 is 6.10 Å². The van der Waals surface area contributed by atoms with Crippen LogP contribution in [0.3, 0.4) is 0 Å². The molecule has 0 aromatic heterocycles. The summed E-state index contributed by atoms with van der Waals surface area (Å²) < 4.78 is 11.4. The van der Waals surface area contributed by atoms with Crippen LogP contribution < -0.4 is 5.32 Å². The second kappa shape index (κ2) is 10.2. The Kier molecular flexibility index (Phi) is 7.68. The van der Waals surface area contributed by atoms with Crippen LogP contribution in [0.4, 0.5) is 5.69 Å². The average Bonchev–Trinajstić information content (AvgIpc) is 2.70. The van der Waals surface area contributed by atoms with Gasteiger partial charge in [0.15, 0.2) is 0 Å². The van der Waals surface area contributed by atoms with E-state index in [2.05, 4.69) is 29.3 Å². The topological polar surface area (TPSA) is 50.8 Å². The van der Waals surface area contributed by atoms with Crippen molar-refractivity contribution in [1.82, 2.24) is 4.90 Å². The number of rotatable bonds is 7. The van der Waals surface area contributed by atoms with Crippen LogP contribution in [0.2, 0.25) is 0 Å². The lowest BCUT2D eigenvalue weighted by Gasteiger charge is -2.33. The van der Waals surface area contributed by atoms with E-state index in [4.69, 9.17) is 9.47 Å². The normalized spacial score (nSPS) is 25.1. The minimum Gasteiger partial charge on any atom is -0.376 e. The first-order chi connectivity index (χ1) is 13.1. The minimum absolute atomic E-state index is 0.108. The Morgan fingerprint density at radius 1 is 1.22 bits per heavy atom. The molecule has 2 aliphatic heterocycles. The van der Waals surface area contributed by atoms with Gasteiger partial charge in [-0.1, -0.05) is 18.6 Å². The molecular formula is C22H34N2O3. The lowest BCUT2D eigenvalue weighted by atomic mass is 10.0. The summed E-state index contributed by atoms with van der Waals surface area (Å²) in [6.07, 6.45) is 6.90. The second-order valence-electron chi connectivity index (χ2n) is 7.97. The molecule has 0 radical (unpaired) electrons.